The van der Waals surface area contributed by atoms with Crippen molar-refractivity contribution in [3.05, 3.63) is 66.5 Å². The van der Waals surface area contributed by atoms with Gasteiger partial charge in [-0.1, -0.05) is 42.5 Å². The van der Waals surface area contributed by atoms with E-state index in [1.807, 2.05) is 39.8 Å². The number of carbonyl (C=O) groups excluding carboxylic acids is 1. The third-order valence-corrected chi connectivity index (χ3v) is 4.92. The monoisotopic (exact) mass is 349 g/mol. The van der Waals surface area contributed by atoms with Crippen LogP contribution in [-0.4, -0.2) is 46.2 Å². The molecule has 5 nitrogen and oxygen atoms in total. The first-order valence-electron chi connectivity index (χ1n) is 9.13. The molecule has 2 heterocycles. The maximum absolute atomic E-state index is 12.8. The van der Waals surface area contributed by atoms with Crippen molar-refractivity contribution in [3.8, 4) is 0 Å². The van der Waals surface area contributed by atoms with E-state index in [0.717, 1.165) is 23.9 Å². The van der Waals surface area contributed by atoms with E-state index in [1.165, 1.54) is 5.56 Å². The van der Waals surface area contributed by atoms with Gasteiger partial charge in [-0.15, -0.1) is 0 Å². The zero-order chi connectivity index (χ0) is 17.8. The Bertz CT molecular complexity index is 875. The van der Waals surface area contributed by atoms with Gasteiger partial charge in [0, 0.05) is 13.1 Å². The van der Waals surface area contributed by atoms with E-state index in [9.17, 15) is 4.79 Å². The van der Waals surface area contributed by atoms with Crippen molar-refractivity contribution >= 4 is 16.9 Å². The lowest BCUT2D eigenvalue weighted by molar-refractivity contribution is -0.139. The number of nitrogens with zero attached hydrogens (tertiary/aromatic N) is 3. The Morgan fingerprint density at radius 3 is 2.81 bits per heavy atom. The molecule has 0 bridgehead atoms. The number of para-hydroxylation sites is 2. The third kappa shape index (κ3) is 3.78. The smallest absolute Gasteiger partial charge is 0.242 e. The van der Waals surface area contributed by atoms with Gasteiger partial charge in [0.25, 0.3) is 0 Å². The highest BCUT2D eigenvalue weighted by molar-refractivity contribution is 5.80. The van der Waals surface area contributed by atoms with Crippen LogP contribution in [0, 0.1) is 0 Å². The van der Waals surface area contributed by atoms with Gasteiger partial charge in [-0.2, -0.15) is 0 Å². The van der Waals surface area contributed by atoms with Crippen LogP contribution in [-0.2, 0) is 22.5 Å². The molecule has 5 heteroatoms. The molecule has 2 aromatic carbocycles. The summed E-state index contributed by atoms with van der Waals surface area (Å²) in [5, 5.41) is 0. The van der Waals surface area contributed by atoms with E-state index in [0.29, 0.717) is 26.2 Å². The van der Waals surface area contributed by atoms with Crippen LogP contribution in [0.5, 0.6) is 0 Å². The van der Waals surface area contributed by atoms with Crippen LogP contribution < -0.4 is 0 Å². The lowest BCUT2D eigenvalue weighted by Gasteiger charge is -2.33. The van der Waals surface area contributed by atoms with Crippen molar-refractivity contribution in [2.45, 2.75) is 25.5 Å². The summed E-state index contributed by atoms with van der Waals surface area (Å²) in [4.78, 5) is 19.0. The van der Waals surface area contributed by atoms with Crippen LogP contribution in [0.1, 0.15) is 12.0 Å². The predicted molar refractivity (Wildman–Crippen MR) is 101 cm³/mol. The van der Waals surface area contributed by atoms with Crippen molar-refractivity contribution in [2.75, 3.05) is 19.7 Å². The van der Waals surface area contributed by atoms with Crippen LogP contribution in [0.4, 0.5) is 0 Å². The van der Waals surface area contributed by atoms with Crippen molar-refractivity contribution in [1.82, 2.24) is 14.5 Å². The quantitative estimate of drug-likeness (QED) is 0.712. The summed E-state index contributed by atoms with van der Waals surface area (Å²) in [5.41, 5.74) is 3.22. The summed E-state index contributed by atoms with van der Waals surface area (Å²) in [6, 6.07) is 18.3. The first-order chi connectivity index (χ1) is 12.8. The standard InChI is InChI=1S/C21H23N3O2/c25-21(15-24-16-22-19-8-4-5-9-20(19)24)23-12-13-26-18(14-23)11-10-17-6-2-1-3-7-17/h1-9,16,18H,10-15H2/t18-/m0/s1. The minimum absolute atomic E-state index is 0.104. The van der Waals surface area contributed by atoms with Gasteiger partial charge in [-0.05, 0) is 30.5 Å². The number of imidazole rings is 1. The molecule has 1 amide bonds. The maximum Gasteiger partial charge on any atom is 0.242 e. The molecule has 0 spiro atoms. The Hall–Kier alpha value is -2.66. The van der Waals surface area contributed by atoms with E-state index >= 15 is 0 Å². The fourth-order valence-corrected chi connectivity index (χ4v) is 3.47. The summed E-state index contributed by atoms with van der Waals surface area (Å²) >= 11 is 0. The second-order valence-electron chi connectivity index (χ2n) is 6.72. The van der Waals surface area contributed by atoms with E-state index in [2.05, 4.69) is 29.2 Å². The lowest BCUT2D eigenvalue weighted by atomic mass is 10.1. The molecule has 1 atom stereocenters. The molecule has 1 aromatic heterocycles. The second kappa shape index (κ2) is 7.70. The summed E-state index contributed by atoms with van der Waals surface area (Å²) in [6.45, 7) is 2.26. The van der Waals surface area contributed by atoms with Crippen molar-refractivity contribution in [3.63, 3.8) is 0 Å². The average Bonchev–Trinajstić information content (AvgIpc) is 3.10. The molecule has 0 N–H and O–H groups in total. The Labute approximate surface area is 153 Å². The molecule has 1 aliphatic heterocycles. The van der Waals surface area contributed by atoms with Crippen LogP contribution in [0.3, 0.4) is 0 Å². The van der Waals surface area contributed by atoms with Crippen LogP contribution in [0.25, 0.3) is 11.0 Å². The second-order valence-corrected chi connectivity index (χ2v) is 6.72. The number of morpholine rings is 1. The number of hydrogen-bond acceptors (Lipinski definition) is 3. The van der Waals surface area contributed by atoms with E-state index in [4.69, 9.17) is 4.74 Å². The lowest BCUT2D eigenvalue weighted by Crippen LogP contribution is -2.46. The first kappa shape index (κ1) is 16.8. The number of aryl methyl sites for hydroxylation is 1. The van der Waals surface area contributed by atoms with Gasteiger partial charge in [-0.3, -0.25) is 4.79 Å². The average molecular weight is 349 g/mol. The minimum Gasteiger partial charge on any atom is -0.375 e. The molecule has 26 heavy (non-hydrogen) atoms. The summed E-state index contributed by atoms with van der Waals surface area (Å²) in [6.07, 6.45) is 3.75. The predicted octanol–water partition coefficient (Wildman–Crippen LogP) is 2.90. The summed E-state index contributed by atoms with van der Waals surface area (Å²) in [5.74, 6) is 0.126. The Morgan fingerprint density at radius 1 is 1.12 bits per heavy atom. The third-order valence-electron chi connectivity index (χ3n) is 4.92. The fraction of sp³-hybridized carbons (Fsp3) is 0.333. The summed E-state index contributed by atoms with van der Waals surface area (Å²) in [7, 11) is 0. The molecular weight excluding hydrogens is 326 g/mol. The molecule has 1 aliphatic rings. The topological polar surface area (TPSA) is 47.4 Å². The molecular formula is C21H23N3O2. The van der Waals surface area contributed by atoms with Gasteiger partial charge < -0.3 is 14.2 Å². The normalized spacial score (nSPS) is 17.5. The molecule has 1 fully saturated rings. The molecule has 1 saturated heterocycles. The minimum atomic E-state index is 0.104. The molecule has 4 rings (SSSR count). The largest absolute Gasteiger partial charge is 0.375 e. The highest BCUT2D eigenvalue weighted by atomic mass is 16.5. The molecule has 0 unspecified atom stereocenters. The molecule has 0 aliphatic carbocycles. The van der Waals surface area contributed by atoms with Crippen LogP contribution >= 0.6 is 0 Å². The first-order valence-corrected chi connectivity index (χ1v) is 9.13. The van der Waals surface area contributed by atoms with Crippen molar-refractivity contribution in [2.24, 2.45) is 0 Å². The van der Waals surface area contributed by atoms with E-state index < -0.39 is 0 Å². The number of rotatable bonds is 5. The maximum atomic E-state index is 12.8. The highest BCUT2D eigenvalue weighted by Crippen LogP contribution is 2.15. The Morgan fingerprint density at radius 2 is 1.92 bits per heavy atom. The number of carbonyl (C=O) groups is 1. The number of benzene rings is 2. The van der Waals surface area contributed by atoms with Gasteiger partial charge in [0.1, 0.15) is 6.54 Å². The summed E-state index contributed by atoms with van der Waals surface area (Å²) < 4.78 is 7.80. The van der Waals surface area contributed by atoms with E-state index in [1.54, 1.807) is 6.33 Å². The van der Waals surface area contributed by atoms with Crippen molar-refractivity contribution in [1.29, 1.82) is 0 Å². The van der Waals surface area contributed by atoms with Gasteiger partial charge in [0.2, 0.25) is 5.91 Å². The zero-order valence-electron chi connectivity index (χ0n) is 14.8. The Balaban J connectivity index is 1.35. The highest BCUT2D eigenvalue weighted by Gasteiger charge is 2.24. The fourth-order valence-electron chi connectivity index (χ4n) is 3.47. The number of aromatic nitrogens is 2. The van der Waals surface area contributed by atoms with Gasteiger partial charge in [-0.25, -0.2) is 4.98 Å². The zero-order valence-corrected chi connectivity index (χ0v) is 14.8. The van der Waals surface area contributed by atoms with Crippen LogP contribution in [0.2, 0.25) is 0 Å². The van der Waals surface area contributed by atoms with Gasteiger partial charge >= 0.3 is 0 Å². The molecule has 3 aromatic rings. The molecule has 0 saturated carbocycles. The number of amides is 1. The van der Waals surface area contributed by atoms with Gasteiger partial charge in [0.15, 0.2) is 0 Å². The molecule has 0 radical (unpaired) electrons. The number of fused-ring (bicyclic) bond motifs is 1. The van der Waals surface area contributed by atoms with Gasteiger partial charge in [0.05, 0.1) is 30.1 Å². The van der Waals surface area contributed by atoms with E-state index in [-0.39, 0.29) is 12.0 Å². The number of ether oxygens (including phenoxy) is 1. The SMILES string of the molecule is O=C(Cn1cnc2ccccc21)N1CCO[C@@H](CCc2ccccc2)C1. The molecule has 134 valence electrons. The number of hydrogen-bond donors (Lipinski definition) is 0. The van der Waals surface area contributed by atoms with Crippen LogP contribution in [0.15, 0.2) is 60.9 Å². The van der Waals surface area contributed by atoms with Crippen molar-refractivity contribution < 1.29 is 9.53 Å². The Kier molecular flexibility index (Phi) is 4.97.